The molecule has 2 fully saturated rings. The number of aromatic nitrogens is 2. The van der Waals surface area contributed by atoms with Crippen LogP contribution in [0.4, 0.5) is 5.13 Å². The van der Waals surface area contributed by atoms with E-state index in [2.05, 4.69) is 37.1 Å². The van der Waals surface area contributed by atoms with E-state index in [1.807, 2.05) is 29.6 Å². The maximum Gasteiger partial charge on any atom is 0.352 e. The Hall–Kier alpha value is -3.96. The van der Waals surface area contributed by atoms with E-state index in [1.54, 1.807) is 11.5 Å². The number of fused-ring (bicyclic) bond motifs is 2. The summed E-state index contributed by atoms with van der Waals surface area (Å²) in [5, 5.41) is 20.9. The minimum absolute atomic E-state index is 0.00620. The standard InChI is InChI=1S/C26H29N9O5S3/c1-2-33-10-11-34-17(33)8-7-16(30-34)41-12-9-14-13-42-24-19(23(37)35(24)20(14)25(38)39)28-22(36)18(21-29-26(27)43-32-21)31-40-15-5-3-4-6-15/h7-12,15,19,24,30H,2-6,13H2,1H3,(H,28,36)(H,38,39)(H2,27,29,32)/b12-9+,31-18-/t19-,24+/m1/s1. The van der Waals surface area contributed by atoms with Gasteiger partial charge in [0.05, 0.1) is 5.03 Å². The first-order valence-corrected chi connectivity index (χ1v) is 16.4. The van der Waals surface area contributed by atoms with E-state index in [0.29, 0.717) is 11.3 Å². The summed E-state index contributed by atoms with van der Waals surface area (Å²) >= 11 is 3.68. The van der Waals surface area contributed by atoms with Gasteiger partial charge in [0, 0.05) is 36.2 Å². The third kappa shape index (κ3) is 5.83. The number of hydrazine groups is 1. The number of nitrogens with zero attached hydrogens (tertiary/aromatic N) is 6. The molecule has 1 saturated carbocycles. The van der Waals surface area contributed by atoms with Gasteiger partial charge in [-0.2, -0.15) is 9.36 Å². The maximum absolute atomic E-state index is 13.3. The number of thioether (sulfide) groups is 2. The second-order valence-electron chi connectivity index (χ2n) is 9.99. The van der Waals surface area contributed by atoms with Crippen LogP contribution in [-0.2, 0) is 19.2 Å². The van der Waals surface area contributed by atoms with Crippen molar-refractivity contribution in [2.75, 3.05) is 18.0 Å². The molecule has 1 saturated heterocycles. The van der Waals surface area contributed by atoms with Gasteiger partial charge >= 0.3 is 5.97 Å². The molecule has 5 aliphatic rings. The van der Waals surface area contributed by atoms with Gasteiger partial charge in [0.2, 0.25) is 11.5 Å². The van der Waals surface area contributed by atoms with Crippen LogP contribution < -0.4 is 16.5 Å². The molecule has 0 unspecified atom stereocenters. The summed E-state index contributed by atoms with van der Waals surface area (Å²) in [4.78, 5) is 51.7. The molecule has 1 aliphatic carbocycles. The second kappa shape index (κ2) is 12.3. The maximum atomic E-state index is 13.3. The van der Waals surface area contributed by atoms with E-state index in [4.69, 9.17) is 10.6 Å². The monoisotopic (exact) mass is 643 g/mol. The molecule has 0 bridgehead atoms. The predicted octanol–water partition coefficient (Wildman–Crippen LogP) is 2.08. The Morgan fingerprint density at radius 1 is 1.33 bits per heavy atom. The fraction of sp³-hybridized carbons (Fsp3) is 0.385. The van der Waals surface area contributed by atoms with Crippen molar-refractivity contribution in [2.45, 2.75) is 50.1 Å². The molecule has 0 spiro atoms. The predicted molar refractivity (Wildman–Crippen MR) is 163 cm³/mol. The van der Waals surface area contributed by atoms with Crippen molar-refractivity contribution in [1.29, 1.82) is 0 Å². The fourth-order valence-corrected chi connectivity index (χ4v) is 7.58. The SMILES string of the molecule is CCN1C=CN2NC(S/C=C/C3=C(C(=O)O)N4C(=O)[C@@H](NC(=O)/C(=N\OC5CCCC5)c5nsc(N)n5)[C@@H]4SC3)=CC=C12. The Balaban J connectivity index is 1.13. The number of rotatable bonds is 10. The number of nitrogens with two attached hydrogens (primary N) is 1. The van der Waals surface area contributed by atoms with Gasteiger partial charge in [-0.05, 0) is 61.8 Å². The van der Waals surface area contributed by atoms with Gasteiger partial charge in [0.1, 0.15) is 29.0 Å². The first-order chi connectivity index (χ1) is 20.8. The topological polar surface area (TPSA) is 179 Å². The highest BCUT2D eigenvalue weighted by molar-refractivity contribution is 8.05. The van der Waals surface area contributed by atoms with Gasteiger partial charge in [0.15, 0.2) is 5.13 Å². The highest BCUT2D eigenvalue weighted by Gasteiger charge is 2.54. The second-order valence-corrected chi connectivity index (χ2v) is 12.8. The first-order valence-electron chi connectivity index (χ1n) is 13.7. The van der Waals surface area contributed by atoms with Gasteiger partial charge < -0.3 is 25.9 Å². The molecule has 5 N–H and O–H groups in total. The first kappa shape index (κ1) is 29.1. The molecule has 4 aliphatic heterocycles. The Bertz CT molecular complexity index is 1510. The normalized spacial score (nSPS) is 23.6. The largest absolute Gasteiger partial charge is 0.477 e. The molecule has 226 valence electrons. The zero-order valence-corrected chi connectivity index (χ0v) is 25.5. The van der Waals surface area contributed by atoms with E-state index >= 15 is 0 Å². The molecule has 2 atom stereocenters. The highest BCUT2D eigenvalue weighted by atomic mass is 32.2. The van der Waals surface area contributed by atoms with Crippen molar-refractivity contribution >= 4 is 63.7 Å². The van der Waals surface area contributed by atoms with Crippen LogP contribution in [0.15, 0.2) is 63.3 Å². The number of aliphatic carboxylic acids is 1. The van der Waals surface area contributed by atoms with E-state index in [-0.39, 0.29) is 28.5 Å². The molecule has 0 aromatic carbocycles. The molecule has 14 nitrogen and oxygen atoms in total. The van der Waals surface area contributed by atoms with Gasteiger partial charge in [-0.3, -0.25) is 19.9 Å². The van der Waals surface area contributed by atoms with E-state index < -0.39 is 29.2 Å². The summed E-state index contributed by atoms with van der Waals surface area (Å²) in [5.41, 5.74) is 9.23. The molecule has 0 radical (unpaired) electrons. The van der Waals surface area contributed by atoms with Crippen LogP contribution in [-0.4, -0.2) is 82.6 Å². The average molecular weight is 644 g/mol. The third-order valence-electron chi connectivity index (χ3n) is 7.31. The third-order valence-corrected chi connectivity index (χ3v) is 9.91. The summed E-state index contributed by atoms with van der Waals surface area (Å²) in [7, 11) is 0. The van der Waals surface area contributed by atoms with Crippen molar-refractivity contribution in [2.24, 2.45) is 5.16 Å². The summed E-state index contributed by atoms with van der Waals surface area (Å²) in [6.45, 7) is 2.92. The van der Waals surface area contributed by atoms with Crippen LogP contribution in [0.5, 0.6) is 0 Å². The number of carbonyl (C=O) groups excluding carboxylic acids is 2. The molecular weight excluding hydrogens is 615 g/mol. The number of hydrogen-bond acceptors (Lipinski definition) is 14. The lowest BCUT2D eigenvalue weighted by Crippen LogP contribution is -2.71. The minimum Gasteiger partial charge on any atom is -0.477 e. The minimum atomic E-state index is -1.22. The summed E-state index contributed by atoms with van der Waals surface area (Å²) in [6, 6.07) is -0.951. The smallest absolute Gasteiger partial charge is 0.352 e. The van der Waals surface area contributed by atoms with Crippen molar-refractivity contribution in [3.63, 3.8) is 0 Å². The lowest BCUT2D eigenvalue weighted by atomic mass is 10.0. The van der Waals surface area contributed by atoms with E-state index in [1.165, 1.54) is 28.4 Å². The van der Waals surface area contributed by atoms with Crippen LogP contribution >= 0.6 is 35.1 Å². The summed E-state index contributed by atoms with van der Waals surface area (Å²) in [5.74, 6) is -1.08. The van der Waals surface area contributed by atoms with Crippen LogP contribution in [0.25, 0.3) is 0 Å². The Morgan fingerprint density at radius 2 is 2.14 bits per heavy atom. The zero-order chi connectivity index (χ0) is 30.1. The van der Waals surface area contributed by atoms with Gasteiger partial charge in [-0.25, -0.2) is 9.80 Å². The molecule has 2 amide bonds. The van der Waals surface area contributed by atoms with E-state index in [9.17, 15) is 19.5 Å². The lowest BCUT2D eigenvalue weighted by molar-refractivity contribution is -0.150. The number of anilines is 1. The number of carboxylic acids is 1. The lowest BCUT2D eigenvalue weighted by Gasteiger charge is -2.49. The van der Waals surface area contributed by atoms with Crippen molar-refractivity contribution in [3.05, 3.63) is 64.0 Å². The number of β-lactam (4-membered cyclic amide) rings is 1. The molecule has 6 rings (SSSR count). The number of nitrogens with one attached hydrogen (secondary N) is 2. The molecule has 1 aromatic rings. The van der Waals surface area contributed by atoms with Gasteiger partial charge in [-0.15, -0.1) is 11.8 Å². The van der Waals surface area contributed by atoms with Crippen LogP contribution in [0.2, 0.25) is 0 Å². The quantitative estimate of drug-likeness (QED) is 0.166. The number of carbonyl (C=O) groups is 3. The number of amides is 2. The fourth-order valence-electron chi connectivity index (χ4n) is 5.15. The summed E-state index contributed by atoms with van der Waals surface area (Å²) in [6.07, 6.45) is 13.2. The molecular formula is C26H29N9O5S3. The van der Waals surface area contributed by atoms with Crippen molar-refractivity contribution < 1.29 is 24.3 Å². The molecule has 5 heterocycles. The Kier molecular flexibility index (Phi) is 8.36. The Labute approximate surface area is 259 Å². The average Bonchev–Trinajstić information content (AvgIpc) is 3.77. The molecule has 17 heteroatoms. The number of nitrogen functional groups attached to an aromatic ring is 1. The van der Waals surface area contributed by atoms with Crippen molar-refractivity contribution in [1.82, 2.24) is 34.9 Å². The summed E-state index contributed by atoms with van der Waals surface area (Å²) < 4.78 is 4.08. The van der Waals surface area contributed by atoms with Crippen LogP contribution in [0.3, 0.4) is 0 Å². The van der Waals surface area contributed by atoms with Gasteiger partial charge in [0.25, 0.3) is 11.8 Å². The number of hydrogen-bond donors (Lipinski definition) is 4. The van der Waals surface area contributed by atoms with E-state index in [0.717, 1.165) is 54.6 Å². The zero-order valence-electron chi connectivity index (χ0n) is 23.0. The molecule has 43 heavy (non-hydrogen) atoms. The number of oxime groups is 1. The Morgan fingerprint density at radius 3 is 2.86 bits per heavy atom. The molecule has 1 aromatic heterocycles. The number of allylic oxidation sites excluding steroid dienone is 3. The van der Waals surface area contributed by atoms with Gasteiger partial charge in [-0.1, -0.05) is 16.9 Å². The van der Waals surface area contributed by atoms with Crippen LogP contribution in [0.1, 0.15) is 38.4 Å². The number of carboxylic acid groups (broad SMARTS) is 1. The van der Waals surface area contributed by atoms with Crippen molar-refractivity contribution in [3.8, 4) is 0 Å². The highest BCUT2D eigenvalue weighted by Crippen LogP contribution is 2.41. The van der Waals surface area contributed by atoms with Crippen LogP contribution in [0, 0.1) is 0 Å².